The van der Waals surface area contributed by atoms with Gasteiger partial charge in [0.1, 0.15) is 5.60 Å². The molecule has 2 bridgehead atoms. The van der Waals surface area contributed by atoms with Gasteiger partial charge in [-0.3, -0.25) is 4.98 Å². The van der Waals surface area contributed by atoms with Crippen LogP contribution in [0.15, 0.2) is 36.5 Å². The zero-order chi connectivity index (χ0) is 18.5. The Morgan fingerprint density at radius 2 is 1.88 bits per heavy atom. The van der Waals surface area contributed by atoms with Crippen molar-refractivity contribution in [3.8, 4) is 0 Å². The van der Waals surface area contributed by atoms with E-state index in [1.165, 1.54) is 0 Å². The van der Waals surface area contributed by atoms with E-state index in [0.717, 1.165) is 29.3 Å². The molecule has 0 radical (unpaired) electrons. The maximum Gasteiger partial charge on any atom is 0.410 e. The standard InChI is InChI=1S/C21H26N2O3/c1-20(2,3)26-19(24)23-14-9-10-15(23)13-21(25,12-14)17-7-4-8-18-16(17)6-5-11-22-18/h4-8,11,14-15,25H,9-10,12-13H2,1-3H3. The first-order valence-electron chi connectivity index (χ1n) is 9.35. The molecule has 0 saturated carbocycles. The Bertz CT molecular complexity index is 823. The lowest BCUT2D eigenvalue weighted by atomic mass is 9.79. The van der Waals surface area contributed by atoms with E-state index < -0.39 is 11.2 Å². The van der Waals surface area contributed by atoms with Gasteiger partial charge in [-0.05, 0) is 51.3 Å². The molecule has 2 aromatic rings. The van der Waals surface area contributed by atoms with E-state index >= 15 is 0 Å². The fraction of sp³-hybridized carbons (Fsp3) is 0.524. The lowest BCUT2D eigenvalue weighted by Crippen LogP contribution is -2.53. The molecule has 2 aliphatic heterocycles. The first-order valence-corrected chi connectivity index (χ1v) is 9.35. The number of nitrogens with zero attached hydrogens (tertiary/aromatic N) is 2. The van der Waals surface area contributed by atoms with E-state index in [1.54, 1.807) is 6.20 Å². The van der Waals surface area contributed by atoms with E-state index in [2.05, 4.69) is 4.98 Å². The number of aliphatic hydroxyl groups is 1. The average Bonchev–Trinajstić information content (AvgIpc) is 2.85. The quantitative estimate of drug-likeness (QED) is 0.841. The van der Waals surface area contributed by atoms with Gasteiger partial charge in [0.05, 0.1) is 11.1 Å². The van der Waals surface area contributed by atoms with Gasteiger partial charge in [-0.15, -0.1) is 0 Å². The summed E-state index contributed by atoms with van der Waals surface area (Å²) in [5.74, 6) is 0. The number of benzene rings is 1. The molecule has 1 aromatic heterocycles. The molecule has 1 amide bonds. The Hall–Kier alpha value is -2.14. The Morgan fingerprint density at radius 3 is 2.54 bits per heavy atom. The van der Waals surface area contributed by atoms with Gasteiger partial charge in [-0.2, -0.15) is 0 Å². The van der Waals surface area contributed by atoms with Crippen LogP contribution in [-0.4, -0.2) is 38.8 Å². The van der Waals surface area contributed by atoms with Crippen molar-refractivity contribution >= 4 is 17.0 Å². The number of fused-ring (bicyclic) bond motifs is 3. The largest absolute Gasteiger partial charge is 0.444 e. The number of hydrogen-bond acceptors (Lipinski definition) is 4. The van der Waals surface area contributed by atoms with Gasteiger partial charge < -0.3 is 14.7 Å². The topological polar surface area (TPSA) is 62.7 Å². The van der Waals surface area contributed by atoms with Crippen LogP contribution in [-0.2, 0) is 10.3 Å². The zero-order valence-corrected chi connectivity index (χ0v) is 15.6. The van der Waals surface area contributed by atoms with Gasteiger partial charge in [0.25, 0.3) is 0 Å². The van der Waals surface area contributed by atoms with Crippen molar-refractivity contribution in [3.05, 3.63) is 42.1 Å². The highest BCUT2D eigenvalue weighted by molar-refractivity contribution is 5.83. The molecule has 0 aliphatic carbocycles. The summed E-state index contributed by atoms with van der Waals surface area (Å²) < 4.78 is 5.60. The molecule has 1 aromatic carbocycles. The summed E-state index contributed by atoms with van der Waals surface area (Å²) in [5.41, 5.74) is 0.363. The molecule has 26 heavy (non-hydrogen) atoms. The molecular weight excluding hydrogens is 328 g/mol. The molecule has 1 N–H and O–H groups in total. The van der Waals surface area contributed by atoms with E-state index in [1.807, 2.05) is 56.0 Å². The van der Waals surface area contributed by atoms with Gasteiger partial charge in [0, 0.05) is 36.5 Å². The molecular formula is C21H26N2O3. The van der Waals surface area contributed by atoms with Crippen molar-refractivity contribution in [3.63, 3.8) is 0 Å². The van der Waals surface area contributed by atoms with E-state index in [0.29, 0.717) is 12.8 Å². The number of aromatic nitrogens is 1. The maximum absolute atomic E-state index is 12.6. The first-order chi connectivity index (χ1) is 12.3. The van der Waals surface area contributed by atoms with Gasteiger partial charge in [-0.1, -0.05) is 18.2 Å². The van der Waals surface area contributed by atoms with Crippen LogP contribution in [0.5, 0.6) is 0 Å². The third-order valence-corrected chi connectivity index (χ3v) is 5.52. The van der Waals surface area contributed by atoms with E-state index in [4.69, 9.17) is 4.74 Å². The second kappa shape index (κ2) is 5.95. The Balaban J connectivity index is 1.65. The van der Waals surface area contributed by atoms with Crippen LogP contribution in [0.4, 0.5) is 4.79 Å². The van der Waals surface area contributed by atoms with Crippen LogP contribution in [0.25, 0.3) is 10.9 Å². The molecule has 3 heterocycles. The molecule has 4 rings (SSSR count). The number of carbonyl (C=O) groups excluding carboxylic acids is 1. The highest BCUT2D eigenvalue weighted by atomic mass is 16.6. The normalized spacial score (nSPS) is 28.4. The third-order valence-electron chi connectivity index (χ3n) is 5.52. The third kappa shape index (κ3) is 2.94. The Kier molecular flexibility index (Phi) is 3.95. The number of amides is 1. The summed E-state index contributed by atoms with van der Waals surface area (Å²) in [7, 11) is 0. The first kappa shape index (κ1) is 17.3. The van der Waals surface area contributed by atoms with Crippen LogP contribution in [0, 0.1) is 0 Å². The van der Waals surface area contributed by atoms with Crippen molar-refractivity contribution in [2.75, 3.05) is 0 Å². The monoisotopic (exact) mass is 354 g/mol. The molecule has 2 unspecified atom stereocenters. The molecule has 138 valence electrons. The Morgan fingerprint density at radius 1 is 1.19 bits per heavy atom. The van der Waals surface area contributed by atoms with E-state index in [-0.39, 0.29) is 18.2 Å². The number of hydrogen-bond donors (Lipinski definition) is 1. The number of carbonyl (C=O) groups is 1. The van der Waals surface area contributed by atoms with Crippen molar-refractivity contribution < 1.29 is 14.6 Å². The molecule has 5 nitrogen and oxygen atoms in total. The van der Waals surface area contributed by atoms with Gasteiger partial charge in [-0.25, -0.2) is 4.79 Å². The minimum Gasteiger partial charge on any atom is -0.444 e. The van der Waals surface area contributed by atoms with Crippen molar-refractivity contribution in [1.29, 1.82) is 0 Å². The van der Waals surface area contributed by atoms with Gasteiger partial charge in [0.2, 0.25) is 0 Å². The average molecular weight is 354 g/mol. The number of ether oxygens (including phenoxy) is 1. The van der Waals surface area contributed by atoms with Gasteiger partial charge in [0.15, 0.2) is 0 Å². The van der Waals surface area contributed by atoms with Crippen LogP contribution < -0.4 is 0 Å². The number of piperidine rings is 1. The summed E-state index contributed by atoms with van der Waals surface area (Å²) in [6.45, 7) is 5.66. The molecule has 2 aliphatic rings. The molecule has 5 heteroatoms. The molecule has 2 saturated heterocycles. The maximum atomic E-state index is 12.6. The summed E-state index contributed by atoms with van der Waals surface area (Å²) in [6.07, 6.45) is 4.41. The van der Waals surface area contributed by atoms with Crippen molar-refractivity contribution in [2.24, 2.45) is 0 Å². The summed E-state index contributed by atoms with van der Waals surface area (Å²) >= 11 is 0. The second-order valence-corrected chi connectivity index (χ2v) is 8.59. The summed E-state index contributed by atoms with van der Waals surface area (Å²) in [5, 5.41) is 12.5. The second-order valence-electron chi connectivity index (χ2n) is 8.59. The molecule has 2 atom stereocenters. The smallest absolute Gasteiger partial charge is 0.410 e. The predicted octanol–water partition coefficient (Wildman–Crippen LogP) is 3.98. The minimum atomic E-state index is -0.938. The number of rotatable bonds is 1. The zero-order valence-electron chi connectivity index (χ0n) is 15.6. The summed E-state index contributed by atoms with van der Waals surface area (Å²) in [6, 6.07) is 9.85. The van der Waals surface area contributed by atoms with Crippen LogP contribution in [0.1, 0.15) is 52.0 Å². The van der Waals surface area contributed by atoms with Crippen LogP contribution in [0.3, 0.4) is 0 Å². The molecule has 2 fully saturated rings. The molecule has 0 spiro atoms. The van der Waals surface area contributed by atoms with Gasteiger partial charge >= 0.3 is 6.09 Å². The fourth-order valence-electron chi connectivity index (χ4n) is 4.57. The van der Waals surface area contributed by atoms with Crippen molar-refractivity contribution in [2.45, 2.75) is 69.7 Å². The lowest BCUT2D eigenvalue weighted by Gasteiger charge is -2.44. The SMILES string of the molecule is CC(C)(C)OC(=O)N1C2CCC1CC(O)(c1cccc3ncccc13)C2. The van der Waals surface area contributed by atoms with E-state index in [9.17, 15) is 9.90 Å². The fourth-order valence-corrected chi connectivity index (χ4v) is 4.57. The number of pyridine rings is 1. The minimum absolute atomic E-state index is 0.0144. The Labute approximate surface area is 154 Å². The summed E-state index contributed by atoms with van der Waals surface area (Å²) in [4.78, 5) is 18.9. The highest BCUT2D eigenvalue weighted by Gasteiger charge is 2.51. The predicted molar refractivity (Wildman–Crippen MR) is 99.8 cm³/mol. The van der Waals surface area contributed by atoms with Crippen molar-refractivity contribution in [1.82, 2.24) is 9.88 Å². The lowest BCUT2D eigenvalue weighted by molar-refractivity contribution is -0.0616. The van der Waals surface area contributed by atoms with Crippen LogP contribution >= 0.6 is 0 Å². The highest BCUT2D eigenvalue weighted by Crippen LogP contribution is 2.47. The van der Waals surface area contributed by atoms with Crippen LogP contribution in [0.2, 0.25) is 0 Å².